The van der Waals surface area contributed by atoms with Crippen molar-refractivity contribution in [1.29, 1.82) is 5.26 Å². The van der Waals surface area contributed by atoms with Gasteiger partial charge in [0.05, 0.1) is 76.5 Å². The number of rotatable bonds is 4. The Morgan fingerprint density at radius 2 is 1.16 bits per heavy atom. The van der Waals surface area contributed by atoms with Crippen LogP contribution in [-0.2, 0) is 61.7 Å². The first-order valence-corrected chi connectivity index (χ1v) is 22.3. The highest BCUT2D eigenvalue weighted by Crippen LogP contribution is 2.36. The summed E-state index contributed by atoms with van der Waals surface area (Å²) in [6.45, 7) is 17.0. The monoisotopic (exact) mass is 922 g/mol. The van der Waals surface area contributed by atoms with Gasteiger partial charge in [-0.15, -0.1) is 0 Å². The maximum Gasteiger partial charge on any atom is 0.523 e. The fourth-order valence-electron chi connectivity index (χ4n) is 8.20. The Morgan fingerprint density at radius 3 is 1.60 bits per heavy atom. The molecule has 62 heavy (non-hydrogen) atoms. The van der Waals surface area contributed by atoms with Crippen molar-refractivity contribution in [3.63, 3.8) is 0 Å². The molecule has 0 spiro atoms. The molecule has 8 N–H and O–H groups in total. The van der Waals surface area contributed by atoms with E-state index < -0.39 is 46.1 Å². The number of nitriles is 1. The van der Waals surface area contributed by atoms with Gasteiger partial charge in [-0.05, 0) is 38.8 Å². The minimum atomic E-state index is -5.60. The molecular weight excluding hydrogens is 857 g/mol. The number of halogens is 3. The molecule has 10 aliphatic heterocycles. The van der Waals surface area contributed by atoms with Gasteiger partial charge in [0, 0.05) is 44.2 Å². The van der Waals surface area contributed by atoms with Crippen LogP contribution in [0.2, 0.25) is 0 Å². The Bertz CT molecular complexity index is 1440. The summed E-state index contributed by atoms with van der Waals surface area (Å²) in [4.78, 5) is 3.39. The van der Waals surface area contributed by atoms with Gasteiger partial charge in [0.1, 0.15) is 49.3 Å². The summed E-state index contributed by atoms with van der Waals surface area (Å²) < 4.78 is 119. The van der Waals surface area contributed by atoms with E-state index in [0.29, 0.717) is 44.7 Å². The molecule has 0 amide bonds. The Morgan fingerprint density at radius 1 is 0.710 bits per heavy atom. The lowest BCUT2D eigenvalue weighted by molar-refractivity contribution is -0.0624. The summed E-state index contributed by atoms with van der Waals surface area (Å²) in [7, 11) is -5.60. The second-order valence-corrected chi connectivity index (χ2v) is 17.7. The van der Waals surface area contributed by atoms with Crippen LogP contribution in [0.15, 0.2) is 0 Å². The molecule has 10 saturated heterocycles. The first-order valence-electron chi connectivity index (χ1n) is 21.3. The number of alkyl halides is 3. The molecule has 0 aromatic rings. The molecule has 10 aliphatic rings. The number of aliphatic hydroxyl groups is 2. The fourth-order valence-corrected chi connectivity index (χ4v) is 8.80. The van der Waals surface area contributed by atoms with E-state index in [1.807, 2.05) is 6.92 Å². The predicted molar refractivity (Wildman–Crippen MR) is 207 cm³/mol. The molecule has 0 saturated carbocycles. The van der Waals surface area contributed by atoms with Crippen LogP contribution in [0.4, 0.5) is 13.2 Å². The SMILES string of the molecule is C1CCOC1.C1CCOC1.C[C@@H]1CO[C@H]2[C@@H]1OC[C@H]2OS(=O)(=O)C(F)(F)F.NCC1COC2C(CN)COC12.O[C@@H]1CO[C@H]2[C@@H]1OC[C@H]2O.[3H]O.[C-]#[N+]C1COC2C(C#N)COC12. The van der Waals surface area contributed by atoms with Crippen molar-refractivity contribution in [2.24, 2.45) is 35.1 Å². The van der Waals surface area contributed by atoms with Gasteiger partial charge in [0.15, 0.2) is 6.10 Å². The topological polar surface area (TPSA) is 288 Å². The highest BCUT2D eigenvalue weighted by Gasteiger charge is 2.55. The molecule has 16 atom stereocenters. The zero-order valence-corrected chi connectivity index (χ0v) is 35.5. The molecule has 10 rings (SSSR count). The van der Waals surface area contributed by atoms with Gasteiger partial charge in [-0.3, -0.25) is 4.18 Å². The number of nitrogens with two attached hydrogens (primary N) is 2. The lowest BCUT2D eigenvalue weighted by Crippen LogP contribution is -2.37. The highest BCUT2D eigenvalue weighted by molar-refractivity contribution is 7.87. The van der Waals surface area contributed by atoms with E-state index in [9.17, 15) is 21.6 Å². The van der Waals surface area contributed by atoms with Gasteiger partial charge in [-0.25, -0.2) is 6.57 Å². The quantitative estimate of drug-likeness (QED) is 0.151. The van der Waals surface area contributed by atoms with E-state index in [4.69, 9.17) is 87.8 Å². The van der Waals surface area contributed by atoms with Crippen molar-refractivity contribution in [3.8, 4) is 6.07 Å². The van der Waals surface area contributed by atoms with Crippen molar-refractivity contribution < 1.29 is 90.3 Å². The Kier molecular flexibility index (Phi) is 20.7. The standard InChI is InChI=1S/C8H11F3O5S.C8H8N2O2.C8H16N2O2.C6H10O4.2C4H8O.H2O/c1-4-2-14-7-5(3-15-6(4)7)16-17(12,13)8(9,10)11;1-10-6-4-12-7-5(2-9)3-11-8(6)7;9-1-5-3-11-8-6(2-10)4-12-7(5)8;7-3-1-9-6-4(8)2-10-5(3)6;2*1-2-4-5-3-1;/h4-7H,2-3H2,1H3;5-8H,3-4H2;5-8H,1-4,9-10H2;3-8H,1-2H2;2*1-4H2;1H2/t4-,5-,6-,7-;;;3-,4-,5-,6-;;;/m1..1.../s1/i/hT. The van der Waals surface area contributed by atoms with Crippen LogP contribution in [-0.4, -0.2) is 195 Å². The Labute approximate surface area is 361 Å². The minimum Gasteiger partial charge on any atom is -0.412 e. The van der Waals surface area contributed by atoms with E-state index in [2.05, 4.69) is 15.1 Å². The summed E-state index contributed by atoms with van der Waals surface area (Å²) in [6.07, 6.45) is 1.14. The van der Waals surface area contributed by atoms with Crippen LogP contribution in [0.5, 0.6) is 0 Å². The van der Waals surface area contributed by atoms with Gasteiger partial charge in [0.25, 0.3) is 6.04 Å². The van der Waals surface area contributed by atoms with Crippen LogP contribution in [0.3, 0.4) is 0 Å². The van der Waals surface area contributed by atoms with Crippen LogP contribution in [0.25, 0.3) is 4.85 Å². The number of nitrogens with zero attached hydrogens (tertiary/aromatic N) is 2. The summed E-state index contributed by atoms with van der Waals surface area (Å²) in [5, 5.41) is 27.0. The van der Waals surface area contributed by atoms with Crippen molar-refractivity contribution in [1.82, 2.24) is 0 Å². The third kappa shape index (κ3) is 13.6. The molecular formula is C38H63F3N4O16S. The van der Waals surface area contributed by atoms with Crippen LogP contribution in [0, 0.1) is 41.6 Å². The maximum atomic E-state index is 12.1. The normalized spacial score (nSPS) is 40.8. The van der Waals surface area contributed by atoms with Gasteiger partial charge in [0.2, 0.25) is 1.43 Å². The van der Waals surface area contributed by atoms with Crippen molar-refractivity contribution in [2.75, 3.05) is 92.4 Å². The van der Waals surface area contributed by atoms with Crippen LogP contribution in [0.1, 0.15) is 34.0 Å². The number of aliphatic hydroxyl groups excluding tert-OH is 2. The molecule has 0 radical (unpaired) electrons. The Hall–Kier alpha value is -1.92. The number of hydrogen-bond donors (Lipinski definition) is 4. The third-order valence-corrected chi connectivity index (χ3v) is 12.7. The average molecular weight is 923 g/mol. The van der Waals surface area contributed by atoms with Crippen molar-refractivity contribution in [2.45, 2.75) is 111 Å². The van der Waals surface area contributed by atoms with Gasteiger partial charge >= 0.3 is 15.6 Å². The van der Waals surface area contributed by atoms with Crippen LogP contribution >= 0.6 is 0 Å². The molecule has 0 aromatic carbocycles. The van der Waals surface area contributed by atoms with Gasteiger partial charge in [-0.2, -0.15) is 26.9 Å². The fraction of sp³-hybridized carbons (Fsp3) is 0.947. The van der Waals surface area contributed by atoms with E-state index in [-0.39, 0.29) is 74.3 Å². The van der Waals surface area contributed by atoms with Crippen molar-refractivity contribution >= 4 is 10.1 Å². The van der Waals surface area contributed by atoms with E-state index in [1.54, 1.807) is 0 Å². The second-order valence-electron chi connectivity index (χ2n) is 16.1. The smallest absolute Gasteiger partial charge is 0.412 e. The Balaban J connectivity index is 0.000000171. The summed E-state index contributed by atoms with van der Waals surface area (Å²) in [5.74, 6) is 0.599. The van der Waals surface area contributed by atoms with Gasteiger partial charge < -0.3 is 79.4 Å². The largest absolute Gasteiger partial charge is 0.523 e. The maximum absolute atomic E-state index is 12.1. The highest BCUT2D eigenvalue weighted by atomic mass is 32.2. The van der Waals surface area contributed by atoms with Crippen molar-refractivity contribution in [3.05, 3.63) is 11.4 Å². The lowest BCUT2D eigenvalue weighted by Gasteiger charge is -2.17. The average Bonchev–Trinajstić information content (AvgIpc) is 4.11. The molecule has 358 valence electrons. The molecule has 8 unspecified atom stereocenters. The first kappa shape index (κ1) is 51.1. The predicted octanol–water partition coefficient (Wildman–Crippen LogP) is -0.925. The zero-order chi connectivity index (χ0) is 46.2. The molecule has 10 heterocycles. The summed E-state index contributed by atoms with van der Waals surface area (Å²) >= 11 is 0. The molecule has 24 heteroatoms. The second kappa shape index (κ2) is 25.1. The lowest BCUT2D eigenvalue weighted by atomic mass is 9.97. The molecule has 20 nitrogen and oxygen atoms in total. The van der Waals surface area contributed by atoms with E-state index >= 15 is 0 Å². The van der Waals surface area contributed by atoms with Gasteiger partial charge in [-0.1, -0.05) is 6.92 Å². The van der Waals surface area contributed by atoms with E-state index in [0.717, 1.165) is 39.6 Å². The number of fused-ring (bicyclic) bond motifs is 4. The molecule has 10 fully saturated rings. The third-order valence-electron chi connectivity index (χ3n) is 11.7. The minimum absolute atomic E-state index is 0.0159. The molecule has 0 bridgehead atoms. The number of ether oxygens (including phenoxy) is 10. The zero-order valence-electron chi connectivity index (χ0n) is 35.7. The van der Waals surface area contributed by atoms with Crippen LogP contribution < -0.4 is 11.5 Å². The molecule has 0 aliphatic carbocycles. The van der Waals surface area contributed by atoms with E-state index in [1.165, 1.54) is 25.7 Å². The summed E-state index contributed by atoms with van der Waals surface area (Å²) in [6, 6.07) is 1.93. The summed E-state index contributed by atoms with van der Waals surface area (Å²) in [5.41, 5.74) is 12.0. The number of hydrogen-bond acceptors (Lipinski definition) is 18. The first-order chi connectivity index (χ1) is 30.2. The molecule has 0 aromatic heterocycles.